The third kappa shape index (κ3) is 15.8. The van der Waals surface area contributed by atoms with E-state index in [0.717, 1.165) is 11.1 Å². The first-order valence-electron chi connectivity index (χ1n) is 17.4. The molecule has 58 heavy (non-hydrogen) atoms. The third-order valence-electron chi connectivity index (χ3n) is 7.36. The zero-order valence-electron chi connectivity index (χ0n) is 31.6. The van der Waals surface area contributed by atoms with Gasteiger partial charge in [-0.3, -0.25) is 28.8 Å². The molecule has 304 valence electrons. The van der Waals surface area contributed by atoms with Crippen molar-refractivity contribution in [1.82, 2.24) is 0 Å². The maximum absolute atomic E-state index is 11.9. The molecule has 1 aliphatic rings. The number of esters is 4. The van der Waals surface area contributed by atoms with E-state index in [4.69, 9.17) is 29.2 Å². The number of aromatic hydroxyl groups is 1. The van der Waals surface area contributed by atoms with Crippen LogP contribution in [0, 0.1) is 0 Å². The fraction of sp³-hybridized carbons (Fsp3) is 0.238. The molecule has 0 radical (unpaired) electrons. The van der Waals surface area contributed by atoms with E-state index in [1.165, 1.54) is 42.5 Å². The first-order chi connectivity index (χ1) is 27.5. The lowest BCUT2D eigenvalue weighted by Crippen LogP contribution is -2.23. The Balaban J connectivity index is 0.000000266. The molecule has 1 fully saturated rings. The van der Waals surface area contributed by atoms with Crippen molar-refractivity contribution in [2.75, 3.05) is 0 Å². The van der Waals surface area contributed by atoms with Crippen molar-refractivity contribution in [3.63, 3.8) is 0 Å². The van der Waals surface area contributed by atoms with Gasteiger partial charge in [0.15, 0.2) is 12.6 Å². The van der Waals surface area contributed by atoms with E-state index in [-0.39, 0.29) is 73.1 Å². The molecule has 1 heterocycles. The summed E-state index contributed by atoms with van der Waals surface area (Å²) in [5.41, 5.74) is 1.95. The van der Waals surface area contributed by atoms with Gasteiger partial charge in [-0.15, -0.1) is 0 Å². The molecule has 4 aromatic rings. The molecule has 0 aromatic heterocycles. The normalized spacial score (nSPS) is 11.6. The Kier molecular flexibility index (Phi) is 16.8. The van der Waals surface area contributed by atoms with E-state index in [1.54, 1.807) is 42.5 Å². The number of cyclic esters (lactones) is 2. The summed E-state index contributed by atoms with van der Waals surface area (Å²) in [4.78, 5) is 86.8. The summed E-state index contributed by atoms with van der Waals surface area (Å²) in [6, 6.07) is 21.8. The number of carboxylic acids is 2. The molecule has 0 spiro atoms. The lowest BCUT2D eigenvalue weighted by atomic mass is 10.1. The van der Waals surface area contributed by atoms with Gasteiger partial charge in [-0.25, -0.2) is 9.59 Å². The molecule has 5 rings (SSSR count). The van der Waals surface area contributed by atoms with Crippen molar-refractivity contribution in [3.05, 3.63) is 118 Å². The number of carboxylic acid groups (broad SMARTS) is 2. The largest absolute Gasteiger partial charge is 0.507 e. The highest BCUT2D eigenvalue weighted by atomic mass is 16.6. The number of phenolic OH excluding ortho intramolecular Hbond substituents is 1. The summed E-state index contributed by atoms with van der Waals surface area (Å²) >= 11 is 0. The molecule has 0 saturated carbocycles. The number of rotatable bonds is 14. The summed E-state index contributed by atoms with van der Waals surface area (Å²) in [7, 11) is 0. The molecule has 0 unspecified atom stereocenters. The summed E-state index contributed by atoms with van der Waals surface area (Å²) in [6.45, 7) is 5.88. The van der Waals surface area contributed by atoms with Crippen molar-refractivity contribution in [2.24, 2.45) is 0 Å². The Bertz CT molecular complexity index is 2100. The Labute approximate surface area is 331 Å². The number of carbonyl (C=O) groups is 8. The van der Waals surface area contributed by atoms with Crippen molar-refractivity contribution in [3.8, 4) is 23.0 Å². The zero-order valence-corrected chi connectivity index (χ0v) is 31.6. The monoisotopic (exact) mass is 800 g/mol. The van der Waals surface area contributed by atoms with Crippen LogP contribution >= 0.6 is 0 Å². The SMILES string of the molecule is CC(C)(C)OC(=O)c1ccc(COc2ccc(O)c(C=O)c2)cc1.O=C1CCC(=O)O1.O=Cc1cc(OCc2ccc(C(=O)O)cc2)ccc1OC(=O)CCC(=O)O. The fourth-order valence-corrected chi connectivity index (χ4v) is 4.48. The van der Waals surface area contributed by atoms with Gasteiger partial charge in [0.25, 0.3) is 0 Å². The highest BCUT2D eigenvalue weighted by Crippen LogP contribution is 2.25. The van der Waals surface area contributed by atoms with Crippen LogP contribution in [0.1, 0.15) is 99.0 Å². The smallest absolute Gasteiger partial charge is 0.338 e. The van der Waals surface area contributed by atoms with Gasteiger partial charge in [0.2, 0.25) is 0 Å². The highest BCUT2D eigenvalue weighted by Gasteiger charge is 2.19. The van der Waals surface area contributed by atoms with Crippen molar-refractivity contribution in [2.45, 2.75) is 65.3 Å². The minimum Gasteiger partial charge on any atom is -0.507 e. The fourth-order valence-electron chi connectivity index (χ4n) is 4.48. The highest BCUT2D eigenvalue weighted by molar-refractivity contribution is 5.92. The molecular weight excluding hydrogens is 760 g/mol. The predicted octanol–water partition coefficient (Wildman–Crippen LogP) is 6.14. The van der Waals surface area contributed by atoms with Gasteiger partial charge in [-0.1, -0.05) is 24.3 Å². The molecule has 16 heteroatoms. The van der Waals surface area contributed by atoms with Gasteiger partial charge in [0.05, 0.1) is 47.9 Å². The average Bonchev–Trinajstić information content (AvgIpc) is 3.58. The lowest BCUT2D eigenvalue weighted by molar-refractivity contribution is -0.152. The second kappa shape index (κ2) is 21.7. The first kappa shape index (κ1) is 45.0. The van der Waals surface area contributed by atoms with Gasteiger partial charge < -0.3 is 39.0 Å². The molecule has 4 aromatic carbocycles. The van der Waals surface area contributed by atoms with Gasteiger partial charge in [-0.2, -0.15) is 0 Å². The Morgan fingerprint density at radius 2 is 1.19 bits per heavy atom. The van der Waals surface area contributed by atoms with Crippen LogP contribution < -0.4 is 14.2 Å². The van der Waals surface area contributed by atoms with Crippen LogP contribution in [-0.4, -0.2) is 69.3 Å². The number of carbonyl (C=O) groups excluding carboxylic acids is 6. The van der Waals surface area contributed by atoms with Crippen LogP contribution in [0.5, 0.6) is 23.0 Å². The first-order valence-corrected chi connectivity index (χ1v) is 17.4. The van der Waals surface area contributed by atoms with E-state index < -0.39 is 35.4 Å². The minimum absolute atomic E-state index is 0.0125. The van der Waals surface area contributed by atoms with Crippen molar-refractivity contribution >= 4 is 48.4 Å². The number of aldehydes is 2. The van der Waals surface area contributed by atoms with Crippen molar-refractivity contribution in [1.29, 1.82) is 0 Å². The summed E-state index contributed by atoms with van der Waals surface area (Å²) < 4.78 is 25.5. The number of hydrogen-bond acceptors (Lipinski definition) is 14. The Morgan fingerprint density at radius 3 is 1.64 bits per heavy atom. The van der Waals surface area contributed by atoms with Crippen LogP contribution in [0.15, 0.2) is 84.9 Å². The van der Waals surface area contributed by atoms with Crippen LogP contribution in [0.2, 0.25) is 0 Å². The summed E-state index contributed by atoms with van der Waals surface area (Å²) in [6.07, 6.45) is 0.916. The lowest BCUT2D eigenvalue weighted by Gasteiger charge is -2.19. The number of aromatic carboxylic acids is 1. The van der Waals surface area contributed by atoms with Gasteiger partial charge in [0.1, 0.15) is 41.8 Å². The molecule has 0 aliphatic carbocycles. The number of hydrogen-bond donors (Lipinski definition) is 3. The number of aliphatic carboxylic acids is 1. The summed E-state index contributed by atoms with van der Waals surface area (Å²) in [5.74, 6) is -3.31. The number of benzene rings is 4. The van der Waals surface area contributed by atoms with E-state index in [2.05, 4.69) is 4.74 Å². The maximum atomic E-state index is 11.9. The summed E-state index contributed by atoms with van der Waals surface area (Å²) in [5, 5.41) is 26.9. The van der Waals surface area contributed by atoms with Crippen LogP contribution in [0.3, 0.4) is 0 Å². The molecule has 1 aliphatic heterocycles. The second-order valence-electron chi connectivity index (χ2n) is 13.1. The zero-order chi connectivity index (χ0) is 42.8. The van der Waals surface area contributed by atoms with E-state index >= 15 is 0 Å². The molecule has 0 bridgehead atoms. The van der Waals surface area contributed by atoms with Gasteiger partial charge >= 0.3 is 35.8 Å². The molecular formula is C42H40O16. The molecule has 3 N–H and O–H groups in total. The molecule has 1 saturated heterocycles. The van der Waals surface area contributed by atoms with Gasteiger partial charge in [0, 0.05) is 0 Å². The predicted molar refractivity (Wildman–Crippen MR) is 202 cm³/mol. The Morgan fingerprint density at radius 1 is 0.690 bits per heavy atom. The Hall–Kier alpha value is -7.36. The third-order valence-corrected chi connectivity index (χ3v) is 7.36. The average molecular weight is 801 g/mol. The van der Waals surface area contributed by atoms with E-state index in [1.807, 2.05) is 20.8 Å². The van der Waals surface area contributed by atoms with E-state index in [9.17, 15) is 43.5 Å². The quantitative estimate of drug-likeness (QED) is 0.0561. The number of phenols is 1. The second-order valence-corrected chi connectivity index (χ2v) is 13.1. The molecule has 0 atom stereocenters. The molecule has 0 amide bonds. The van der Waals surface area contributed by atoms with Crippen molar-refractivity contribution < 1.29 is 77.4 Å². The minimum atomic E-state index is -1.12. The van der Waals surface area contributed by atoms with Crippen LogP contribution in [-0.2, 0) is 41.9 Å². The van der Waals surface area contributed by atoms with Crippen LogP contribution in [0.25, 0.3) is 0 Å². The maximum Gasteiger partial charge on any atom is 0.338 e. The van der Waals surface area contributed by atoms with Crippen LogP contribution in [0.4, 0.5) is 0 Å². The topological polar surface area (TPSA) is 243 Å². The number of ether oxygens (including phenoxy) is 5. The molecule has 16 nitrogen and oxygen atoms in total. The van der Waals surface area contributed by atoms with E-state index in [0.29, 0.717) is 29.6 Å². The standard InChI is InChI=1S/C19H16O8.C19H20O5.C4H4O3/c20-10-14-9-15(5-6-16(14)27-18(23)8-7-17(21)22)26-11-12-1-3-13(4-2-12)19(24)25;1-19(2,3)24-18(22)14-6-4-13(5-7-14)12-23-16-8-9-17(21)15(10-16)11-20;5-3-1-2-4(6)7-3/h1-6,9-10H,7-8,11H2,(H,21,22)(H,24,25);4-11,21H,12H2,1-3H3;1-2H2. The van der Waals surface area contributed by atoms with Gasteiger partial charge in [-0.05, 0) is 92.6 Å².